The SMILES string of the molecule is Cc1ccc(S(=O)(=O)N[C@H]2CC[C@H](O)CC2)cc1-c1cnc2c(N)c(Cl)ccn12.O=C(O)C(F)(F)F. The van der Waals surface area contributed by atoms with Gasteiger partial charge in [-0.2, -0.15) is 13.2 Å². The molecule has 0 aliphatic heterocycles. The molecule has 0 bridgehead atoms. The number of halogens is 4. The van der Waals surface area contributed by atoms with E-state index in [1.807, 2.05) is 6.92 Å². The smallest absolute Gasteiger partial charge is 0.475 e. The first-order chi connectivity index (χ1) is 16.7. The molecule has 196 valence electrons. The number of aliphatic carboxylic acids is 1. The monoisotopic (exact) mass is 548 g/mol. The van der Waals surface area contributed by atoms with Crippen LogP contribution < -0.4 is 10.5 Å². The fourth-order valence-electron chi connectivity index (χ4n) is 3.77. The summed E-state index contributed by atoms with van der Waals surface area (Å²) in [5.41, 5.74) is 9.33. The summed E-state index contributed by atoms with van der Waals surface area (Å²) in [6.45, 7) is 1.92. The van der Waals surface area contributed by atoms with E-state index < -0.39 is 22.2 Å². The Morgan fingerprint density at radius 1 is 1.22 bits per heavy atom. The van der Waals surface area contributed by atoms with Crippen molar-refractivity contribution >= 4 is 38.9 Å². The van der Waals surface area contributed by atoms with Crippen molar-refractivity contribution in [2.45, 2.75) is 55.8 Å². The predicted molar refractivity (Wildman–Crippen MR) is 127 cm³/mol. The molecule has 5 N–H and O–H groups in total. The third-order valence-electron chi connectivity index (χ3n) is 5.72. The van der Waals surface area contributed by atoms with Gasteiger partial charge in [-0.3, -0.25) is 4.40 Å². The molecule has 14 heteroatoms. The number of sulfonamides is 1. The number of imidazole rings is 1. The maximum atomic E-state index is 12.9. The number of hydrogen-bond acceptors (Lipinski definition) is 6. The van der Waals surface area contributed by atoms with Gasteiger partial charge >= 0.3 is 12.1 Å². The van der Waals surface area contributed by atoms with Crippen LogP contribution in [0.1, 0.15) is 31.2 Å². The number of benzene rings is 1. The second-order valence-electron chi connectivity index (χ2n) is 8.32. The number of pyridine rings is 1. The van der Waals surface area contributed by atoms with E-state index in [9.17, 15) is 26.7 Å². The Labute approximate surface area is 209 Å². The van der Waals surface area contributed by atoms with E-state index in [4.69, 9.17) is 27.2 Å². The molecule has 0 atom stereocenters. The number of aryl methyl sites for hydroxylation is 1. The Kier molecular flexibility index (Phi) is 8.18. The van der Waals surface area contributed by atoms with Crippen molar-refractivity contribution in [3.8, 4) is 11.3 Å². The highest BCUT2D eigenvalue weighted by atomic mass is 35.5. The molecule has 0 spiro atoms. The van der Waals surface area contributed by atoms with Crippen LogP contribution in [0.15, 0.2) is 41.6 Å². The van der Waals surface area contributed by atoms with Crippen molar-refractivity contribution in [2.24, 2.45) is 0 Å². The zero-order valence-corrected chi connectivity index (χ0v) is 20.5. The number of nitrogens with zero attached hydrogens (tertiary/aromatic N) is 2. The van der Waals surface area contributed by atoms with Crippen molar-refractivity contribution in [1.82, 2.24) is 14.1 Å². The van der Waals surface area contributed by atoms with Gasteiger partial charge in [0.25, 0.3) is 0 Å². The van der Waals surface area contributed by atoms with Gasteiger partial charge in [-0.25, -0.2) is 22.9 Å². The van der Waals surface area contributed by atoms with Crippen LogP contribution in [0.3, 0.4) is 0 Å². The minimum atomic E-state index is -5.08. The predicted octanol–water partition coefficient (Wildman–Crippen LogP) is 3.76. The third kappa shape index (κ3) is 6.27. The van der Waals surface area contributed by atoms with Gasteiger partial charge in [0.1, 0.15) is 0 Å². The number of carboxylic acid groups (broad SMARTS) is 1. The number of hydrogen-bond donors (Lipinski definition) is 4. The number of nitrogen functional groups attached to an aromatic ring is 1. The number of aromatic nitrogens is 2. The Morgan fingerprint density at radius 3 is 2.42 bits per heavy atom. The summed E-state index contributed by atoms with van der Waals surface area (Å²) in [5.74, 6) is -2.76. The number of alkyl halides is 3. The van der Waals surface area contributed by atoms with Crippen LogP contribution in [-0.2, 0) is 14.8 Å². The molecule has 0 unspecified atom stereocenters. The molecule has 0 amide bonds. The van der Waals surface area contributed by atoms with Gasteiger partial charge in [0, 0.05) is 17.8 Å². The minimum Gasteiger partial charge on any atom is -0.475 e. The van der Waals surface area contributed by atoms with E-state index in [1.54, 1.807) is 41.1 Å². The van der Waals surface area contributed by atoms with Gasteiger partial charge < -0.3 is 15.9 Å². The van der Waals surface area contributed by atoms with E-state index in [-0.39, 0.29) is 17.0 Å². The van der Waals surface area contributed by atoms with Gasteiger partial charge in [0.05, 0.1) is 33.6 Å². The van der Waals surface area contributed by atoms with Crippen LogP contribution >= 0.6 is 11.6 Å². The minimum absolute atomic E-state index is 0.161. The Bertz CT molecular complexity index is 1370. The molecule has 4 rings (SSSR count). The zero-order chi connectivity index (χ0) is 26.8. The molecule has 0 radical (unpaired) electrons. The molecule has 1 fully saturated rings. The molecular formula is C22H24ClF3N4O5S. The Morgan fingerprint density at radius 2 is 1.83 bits per heavy atom. The molecule has 2 heterocycles. The number of aliphatic hydroxyl groups excluding tert-OH is 1. The van der Waals surface area contributed by atoms with Crippen LogP contribution in [0.5, 0.6) is 0 Å². The third-order valence-corrected chi connectivity index (χ3v) is 7.57. The number of rotatable bonds is 4. The van der Waals surface area contributed by atoms with Crippen molar-refractivity contribution < 1.29 is 36.6 Å². The lowest BCUT2D eigenvalue weighted by Crippen LogP contribution is -2.38. The first-order valence-electron chi connectivity index (χ1n) is 10.7. The molecule has 1 aliphatic rings. The highest BCUT2D eigenvalue weighted by Crippen LogP contribution is 2.31. The lowest BCUT2D eigenvalue weighted by molar-refractivity contribution is -0.192. The fourth-order valence-corrected chi connectivity index (χ4v) is 5.24. The van der Waals surface area contributed by atoms with Gasteiger partial charge in [-0.05, 0) is 56.4 Å². The molecule has 9 nitrogen and oxygen atoms in total. The van der Waals surface area contributed by atoms with Crippen molar-refractivity contribution in [3.63, 3.8) is 0 Å². The average molecular weight is 549 g/mol. The zero-order valence-electron chi connectivity index (χ0n) is 19.0. The Hall–Kier alpha value is -2.87. The van der Waals surface area contributed by atoms with Crippen molar-refractivity contribution in [3.05, 3.63) is 47.2 Å². The number of carboxylic acids is 1. The van der Waals surface area contributed by atoms with Gasteiger partial charge in [0.15, 0.2) is 5.65 Å². The first kappa shape index (κ1) is 27.7. The number of nitrogens with one attached hydrogen (secondary N) is 1. The van der Waals surface area contributed by atoms with E-state index in [0.29, 0.717) is 42.0 Å². The summed E-state index contributed by atoms with van der Waals surface area (Å²) in [4.78, 5) is 13.4. The standard InChI is InChI=1S/C20H23ClN4O3S.C2HF3O2/c1-12-2-7-15(29(27,28)24-13-3-5-14(26)6-4-13)10-16(12)18-11-23-20-19(22)17(21)8-9-25(18)20;3-2(4,5)1(6)7/h2,7-11,13-14,24,26H,3-6,22H2,1H3;(H,6,7)/t13-,14-;. The van der Waals surface area contributed by atoms with E-state index in [2.05, 4.69) is 9.71 Å². The molecule has 0 saturated heterocycles. The number of aliphatic hydroxyl groups is 1. The molecule has 3 aromatic rings. The second kappa shape index (κ2) is 10.6. The maximum absolute atomic E-state index is 12.9. The molecule has 1 saturated carbocycles. The van der Waals surface area contributed by atoms with Crippen LogP contribution in [0.2, 0.25) is 5.02 Å². The van der Waals surface area contributed by atoms with E-state index in [0.717, 1.165) is 16.8 Å². The van der Waals surface area contributed by atoms with E-state index in [1.165, 1.54) is 0 Å². The molecule has 1 aliphatic carbocycles. The highest BCUT2D eigenvalue weighted by Gasteiger charge is 2.38. The van der Waals surface area contributed by atoms with Crippen molar-refractivity contribution in [2.75, 3.05) is 5.73 Å². The van der Waals surface area contributed by atoms with Gasteiger partial charge in [0.2, 0.25) is 10.0 Å². The maximum Gasteiger partial charge on any atom is 0.490 e. The van der Waals surface area contributed by atoms with E-state index >= 15 is 0 Å². The van der Waals surface area contributed by atoms with Gasteiger partial charge in [-0.15, -0.1) is 0 Å². The average Bonchev–Trinajstić information content (AvgIpc) is 3.22. The lowest BCUT2D eigenvalue weighted by Gasteiger charge is -2.26. The van der Waals surface area contributed by atoms with Crippen LogP contribution in [-0.4, -0.2) is 52.3 Å². The van der Waals surface area contributed by atoms with Crippen molar-refractivity contribution in [1.29, 1.82) is 0 Å². The van der Waals surface area contributed by atoms with Crippen LogP contribution in [0.25, 0.3) is 16.9 Å². The fraction of sp³-hybridized carbons (Fsp3) is 0.364. The summed E-state index contributed by atoms with van der Waals surface area (Å²) in [6, 6.07) is 6.57. The molecular weight excluding hydrogens is 525 g/mol. The summed E-state index contributed by atoms with van der Waals surface area (Å²) in [5, 5.41) is 17.2. The Balaban J connectivity index is 0.000000454. The molecule has 36 heavy (non-hydrogen) atoms. The number of carbonyl (C=O) groups is 1. The number of anilines is 1. The summed E-state index contributed by atoms with van der Waals surface area (Å²) < 4.78 is 62.2. The van der Waals surface area contributed by atoms with Gasteiger partial charge in [-0.1, -0.05) is 17.7 Å². The van der Waals surface area contributed by atoms with Crippen LogP contribution in [0.4, 0.5) is 18.9 Å². The highest BCUT2D eigenvalue weighted by molar-refractivity contribution is 7.89. The molecule has 1 aromatic carbocycles. The lowest BCUT2D eigenvalue weighted by atomic mass is 9.94. The molecule has 2 aromatic heterocycles. The summed E-state index contributed by atoms with van der Waals surface area (Å²) >= 11 is 6.08. The number of fused-ring (bicyclic) bond motifs is 1. The first-order valence-corrected chi connectivity index (χ1v) is 12.6. The largest absolute Gasteiger partial charge is 0.490 e. The second-order valence-corrected chi connectivity index (χ2v) is 10.4. The normalized spacial score (nSPS) is 18.5. The topological polar surface area (TPSA) is 147 Å². The summed E-state index contributed by atoms with van der Waals surface area (Å²) in [6.07, 6.45) is 0.492. The quantitative estimate of drug-likeness (QED) is 0.388. The van der Waals surface area contributed by atoms with Crippen LogP contribution in [0, 0.1) is 6.92 Å². The number of nitrogens with two attached hydrogens (primary N) is 1. The summed E-state index contributed by atoms with van der Waals surface area (Å²) in [7, 11) is -3.68.